The Hall–Kier alpha value is -0.920. The van der Waals surface area contributed by atoms with E-state index >= 15 is 0 Å². The molecule has 2 heteroatoms. The predicted molar refractivity (Wildman–Crippen MR) is 77.9 cm³/mol. The van der Waals surface area contributed by atoms with Crippen LogP contribution in [0, 0.1) is 0 Å². The Kier molecular flexibility index (Phi) is 7.63. The molecule has 0 atom stereocenters. The van der Waals surface area contributed by atoms with Gasteiger partial charge in [-0.05, 0) is 49.7 Å². The van der Waals surface area contributed by atoms with Crippen molar-refractivity contribution in [3.8, 4) is 0 Å². The van der Waals surface area contributed by atoms with Gasteiger partial charge in [-0.3, -0.25) is 0 Å². The quantitative estimate of drug-likeness (QED) is 0.606. The minimum absolute atomic E-state index is 1.12. The fourth-order valence-corrected chi connectivity index (χ4v) is 2.30. The van der Waals surface area contributed by atoms with Crippen molar-refractivity contribution in [2.75, 3.05) is 0 Å². The van der Waals surface area contributed by atoms with Crippen LogP contribution in [0.5, 0.6) is 0 Å². The first-order valence-electron chi connectivity index (χ1n) is 7.66. The Bertz CT molecular complexity index is 291. The molecule has 0 aromatic carbocycles. The van der Waals surface area contributed by atoms with E-state index in [9.17, 15) is 0 Å². The average molecular weight is 251 g/mol. The van der Waals surface area contributed by atoms with Gasteiger partial charge in [-0.15, -0.1) is 0 Å². The number of hydroxylamine groups is 1. The Morgan fingerprint density at radius 2 is 1.50 bits per heavy atom. The third kappa shape index (κ3) is 4.75. The normalized spacial score (nSPS) is 15.2. The van der Waals surface area contributed by atoms with E-state index in [0.717, 1.165) is 12.8 Å². The number of nitrogens with one attached hydrogen (secondary N) is 1. The molecule has 0 radical (unpaired) electrons. The Morgan fingerprint density at radius 1 is 0.889 bits per heavy atom. The van der Waals surface area contributed by atoms with Crippen LogP contribution in [0.1, 0.15) is 78.6 Å². The molecule has 1 N–H and O–H groups in total. The summed E-state index contributed by atoms with van der Waals surface area (Å²) in [5, 5.41) is 0. The van der Waals surface area contributed by atoms with Crippen molar-refractivity contribution in [1.29, 1.82) is 0 Å². The molecule has 104 valence electrons. The molecule has 0 saturated heterocycles. The maximum absolute atomic E-state index is 5.43. The van der Waals surface area contributed by atoms with Gasteiger partial charge < -0.3 is 4.84 Å². The van der Waals surface area contributed by atoms with E-state index in [0.29, 0.717) is 0 Å². The van der Waals surface area contributed by atoms with Crippen molar-refractivity contribution in [3.05, 3.63) is 23.1 Å². The van der Waals surface area contributed by atoms with Gasteiger partial charge >= 0.3 is 0 Å². The molecule has 18 heavy (non-hydrogen) atoms. The molecule has 2 nitrogen and oxygen atoms in total. The highest BCUT2D eigenvalue weighted by Crippen LogP contribution is 2.29. The van der Waals surface area contributed by atoms with Crippen LogP contribution in [-0.4, -0.2) is 0 Å². The number of allylic oxidation sites excluding steroid dienone is 3. The van der Waals surface area contributed by atoms with Crippen LogP contribution in [0.4, 0.5) is 0 Å². The van der Waals surface area contributed by atoms with Gasteiger partial charge in [0.2, 0.25) is 0 Å². The molecule has 0 saturated carbocycles. The van der Waals surface area contributed by atoms with Gasteiger partial charge in [0.05, 0.1) is 5.70 Å². The molecule has 0 amide bonds. The summed E-state index contributed by atoms with van der Waals surface area (Å²) >= 11 is 0. The molecular formula is C16H29NO. The zero-order valence-corrected chi connectivity index (χ0v) is 12.3. The van der Waals surface area contributed by atoms with Crippen molar-refractivity contribution in [1.82, 2.24) is 5.48 Å². The van der Waals surface area contributed by atoms with Crippen molar-refractivity contribution in [2.24, 2.45) is 0 Å². The van der Waals surface area contributed by atoms with Gasteiger partial charge in [-0.1, -0.05) is 40.0 Å². The van der Waals surface area contributed by atoms with Crippen molar-refractivity contribution in [2.45, 2.75) is 78.6 Å². The number of hydrogen-bond donors (Lipinski definition) is 1. The highest BCUT2D eigenvalue weighted by molar-refractivity contribution is 5.35. The van der Waals surface area contributed by atoms with Gasteiger partial charge in [0.15, 0.2) is 0 Å². The first kappa shape index (κ1) is 15.1. The molecular weight excluding hydrogens is 222 g/mol. The summed E-state index contributed by atoms with van der Waals surface area (Å²) in [7, 11) is 0. The number of rotatable bonds is 9. The van der Waals surface area contributed by atoms with Gasteiger partial charge in [-0.2, -0.15) is 0 Å². The lowest BCUT2D eigenvalue weighted by Gasteiger charge is -2.23. The summed E-state index contributed by atoms with van der Waals surface area (Å²) in [6.07, 6.45) is 12.9. The molecule has 1 aliphatic rings. The lowest BCUT2D eigenvalue weighted by molar-refractivity contribution is 0.149. The first-order chi connectivity index (χ1) is 8.83. The fourth-order valence-electron chi connectivity index (χ4n) is 2.30. The average Bonchev–Trinajstić information content (AvgIpc) is 2.41. The predicted octanol–water partition coefficient (Wildman–Crippen LogP) is 5.23. The Morgan fingerprint density at radius 3 is 2.17 bits per heavy atom. The Labute approximate surface area is 112 Å². The van der Waals surface area contributed by atoms with Crippen LogP contribution in [0.2, 0.25) is 0 Å². The van der Waals surface area contributed by atoms with Gasteiger partial charge in [0, 0.05) is 0 Å². The SMILES string of the molecule is CCCCC1=CONC(CCCC)=C1CCCC. The Balaban J connectivity index is 2.73. The monoisotopic (exact) mass is 251 g/mol. The summed E-state index contributed by atoms with van der Waals surface area (Å²) in [6, 6.07) is 0. The van der Waals surface area contributed by atoms with Gasteiger partial charge in [0.25, 0.3) is 0 Å². The third-order valence-corrected chi connectivity index (χ3v) is 3.50. The minimum Gasteiger partial charge on any atom is -0.390 e. The van der Waals surface area contributed by atoms with E-state index in [1.54, 1.807) is 0 Å². The molecule has 0 aliphatic carbocycles. The maximum atomic E-state index is 5.43. The minimum atomic E-state index is 1.12. The lowest BCUT2D eigenvalue weighted by atomic mass is 9.93. The van der Waals surface area contributed by atoms with E-state index in [4.69, 9.17) is 4.84 Å². The van der Waals surface area contributed by atoms with Gasteiger partial charge in [0.1, 0.15) is 6.26 Å². The summed E-state index contributed by atoms with van der Waals surface area (Å²) < 4.78 is 0. The fraction of sp³-hybridized carbons (Fsp3) is 0.750. The van der Waals surface area contributed by atoms with E-state index in [1.165, 1.54) is 61.8 Å². The molecule has 1 rings (SSSR count). The highest BCUT2D eigenvalue weighted by Gasteiger charge is 2.16. The van der Waals surface area contributed by atoms with Crippen LogP contribution >= 0.6 is 0 Å². The highest BCUT2D eigenvalue weighted by atomic mass is 16.6. The molecule has 0 spiro atoms. The molecule has 0 aromatic rings. The van der Waals surface area contributed by atoms with Crippen LogP contribution in [0.15, 0.2) is 23.1 Å². The van der Waals surface area contributed by atoms with Crippen LogP contribution in [0.3, 0.4) is 0 Å². The topological polar surface area (TPSA) is 21.3 Å². The van der Waals surface area contributed by atoms with E-state index in [2.05, 4.69) is 26.3 Å². The second-order valence-corrected chi connectivity index (χ2v) is 5.13. The van der Waals surface area contributed by atoms with E-state index < -0.39 is 0 Å². The van der Waals surface area contributed by atoms with Crippen molar-refractivity contribution in [3.63, 3.8) is 0 Å². The standard InChI is InChI=1S/C16H29NO/c1-4-7-10-14-13-18-17-16(12-9-6-3)15(14)11-8-5-2/h13,17H,4-12H2,1-3H3. The zero-order chi connectivity index (χ0) is 13.2. The summed E-state index contributed by atoms with van der Waals surface area (Å²) in [5.41, 5.74) is 7.41. The summed E-state index contributed by atoms with van der Waals surface area (Å²) in [5.74, 6) is 0. The molecule has 0 unspecified atom stereocenters. The zero-order valence-electron chi connectivity index (χ0n) is 12.3. The van der Waals surface area contributed by atoms with Crippen LogP contribution in [-0.2, 0) is 4.84 Å². The number of hydrogen-bond acceptors (Lipinski definition) is 2. The molecule has 1 aliphatic heterocycles. The second kappa shape index (κ2) is 9.07. The first-order valence-corrected chi connectivity index (χ1v) is 7.66. The van der Waals surface area contributed by atoms with E-state index in [1.807, 2.05) is 6.26 Å². The molecule has 0 bridgehead atoms. The number of unbranched alkanes of at least 4 members (excludes halogenated alkanes) is 3. The van der Waals surface area contributed by atoms with Crippen molar-refractivity contribution < 1.29 is 4.84 Å². The maximum Gasteiger partial charge on any atom is 0.122 e. The summed E-state index contributed by atoms with van der Waals surface area (Å²) in [6.45, 7) is 6.74. The molecule has 1 heterocycles. The lowest BCUT2D eigenvalue weighted by Crippen LogP contribution is -2.19. The second-order valence-electron chi connectivity index (χ2n) is 5.13. The summed E-state index contributed by atoms with van der Waals surface area (Å²) in [4.78, 5) is 5.43. The van der Waals surface area contributed by atoms with Crippen LogP contribution < -0.4 is 5.48 Å². The van der Waals surface area contributed by atoms with Crippen LogP contribution in [0.25, 0.3) is 0 Å². The molecule has 0 fully saturated rings. The largest absolute Gasteiger partial charge is 0.390 e. The molecule has 0 aromatic heterocycles. The smallest absolute Gasteiger partial charge is 0.122 e. The van der Waals surface area contributed by atoms with Gasteiger partial charge in [-0.25, -0.2) is 5.48 Å². The van der Waals surface area contributed by atoms with E-state index in [-0.39, 0.29) is 0 Å². The third-order valence-electron chi connectivity index (χ3n) is 3.50. The van der Waals surface area contributed by atoms with Crippen molar-refractivity contribution >= 4 is 0 Å².